The molecule has 0 aromatic heterocycles. The van der Waals surface area contributed by atoms with Gasteiger partial charge in [-0.2, -0.15) is 0 Å². The zero-order valence-electron chi connectivity index (χ0n) is 14.9. The molecule has 1 amide bonds. The summed E-state index contributed by atoms with van der Waals surface area (Å²) in [6, 6.07) is 9.05. The van der Waals surface area contributed by atoms with Crippen LogP contribution in [0.15, 0.2) is 30.3 Å². The third-order valence-corrected chi connectivity index (χ3v) is 5.31. The number of rotatable bonds is 3. The monoisotopic (exact) mass is 333 g/mol. The van der Waals surface area contributed by atoms with E-state index in [1.165, 1.54) is 0 Å². The molecule has 24 heavy (non-hydrogen) atoms. The van der Waals surface area contributed by atoms with E-state index in [9.17, 15) is 14.7 Å². The molecule has 2 atom stereocenters. The van der Waals surface area contributed by atoms with Crippen LogP contribution in [0.1, 0.15) is 46.1 Å². The van der Waals surface area contributed by atoms with E-state index in [4.69, 9.17) is 4.74 Å². The summed E-state index contributed by atoms with van der Waals surface area (Å²) in [7, 11) is 0. The van der Waals surface area contributed by atoms with Crippen LogP contribution in [-0.4, -0.2) is 34.7 Å². The minimum absolute atomic E-state index is 0.193. The van der Waals surface area contributed by atoms with E-state index in [1.54, 1.807) is 4.90 Å². The van der Waals surface area contributed by atoms with E-state index in [2.05, 4.69) is 0 Å². The maximum atomic E-state index is 12.5. The molecule has 0 saturated carbocycles. The number of amides is 1. The van der Waals surface area contributed by atoms with Gasteiger partial charge in [-0.25, -0.2) is 4.79 Å². The summed E-state index contributed by atoms with van der Waals surface area (Å²) >= 11 is 0. The minimum Gasteiger partial charge on any atom is -0.481 e. The summed E-state index contributed by atoms with van der Waals surface area (Å²) in [5.41, 5.74) is -0.524. The molecule has 5 nitrogen and oxygen atoms in total. The Labute approximate surface area is 143 Å². The molecule has 0 unspecified atom stereocenters. The van der Waals surface area contributed by atoms with Crippen molar-refractivity contribution in [2.24, 2.45) is 10.8 Å². The van der Waals surface area contributed by atoms with Crippen LogP contribution in [0, 0.1) is 10.8 Å². The third-order valence-electron chi connectivity index (χ3n) is 5.31. The van der Waals surface area contributed by atoms with Crippen molar-refractivity contribution in [2.75, 3.05) is 6.54 Å². The first kappa shape index (κ1) is 18.3. The number of carboxylic acid groups (broad SMARTS) is 1. The molecule has 0 aliphatic carbocycles. The second-order valence-electron chi connectivity index (χ2n) is 7.54. The Kier molecular flexibility index (Phi) is 5.21. The van der Waals surface area contributed by atoms with Crippen molar-refractivity contribution in [1.82, 2.24) is 4.90 Å². The van der Waals surface area contributed by atoms with Crippen molar-refractivity contribution in [3.8, 4) is 0 Å². The van der Waals surface area contributed by atoms with Crippen molar-refractivity contribution in [3.63, 3.8) is 0 Å². The lowest BCUT2D eigenvalue weighted by Gasteiger charge is -2.52. The van der Waals surface area contributed by atoms with Crippen LogP contribution in [0.2, 0.25) is 0 Å². The Hall–Kier alpha value is -2.04. The average molecular weight is 333 g/mol. The first-order valence-corrected chi connectivity index (χ1v) is 8.41. The van der Waals surface area contributed by atoms with Gasteiger partial charge < -0.3 is 14.7 Å². The van der Waals surface area contributed by atoms with Crippen LogP contribution >= 0.6 is 0 Å². The van der Waals surface area contributed by atoms with E-state index in [0.29, 0.717) is 19.4 Å². The zero-order valence-corrected chi connectivity index (χ0v) is 14.9. The number of likely N-dealkylation sites (tertiary alicyclic amines) is 1. The van der Waals surface area contributed by atoms with Gasteiger partial charge in [0.1, 0.15) is 6.61 Å². The fraction of sp³-hybridized carbons (Fsp3) is 0.579. The molecular weight excluding hydrogens is 306 g/mol. The van der Waals surface area contributed by atoms with Crippen molar-refractivity contribution in [2.45, 2.75) is 53.2 Å². The summed E-state index contributed by atoms with van der Waals surface area (Å²) < 4.78 is 5.42. The predicted molar refractivity (Wildman–Crippen MR) is 91.6 cm³/mol. The van der Waals surface area contributed by atoms with E-state index >= 15 is 0 Å². The summed E-state index contributed by atoms with van der Waals surface area (Å²) in [4.78, 5) is 26.2. The molecule has 0 radical (unpaired) electrons. The lowest BCUT2D eigenvalue weighted by atomic mass is 9.58. The molecule has 1 heterocycles. The molecule has 1 fully saturated rings. The number of ether oxygens (including phenoxy) is 1. The van der Waals surface area contributed by atoms with Crippen LogP contribution < -0.4 is 0 Å². The van der Waals surface area contributed by atoms with Crippen molar-refractivity contribution >= 4 is 12.1 Å². The molecule has 132 valence electrons. The summed E-state index contributed by atoms with van der Waals surface area (Å²) in [6.07, 6.45) is 0.782. The fourth-order valence-corrected chi connectivity index (χ4v) is 3.86. The van der Waals surface area contributed by atoms with Crippen molar-refractivity contribution in [1.29, 1.82) is 0 Å². The van der Waals surface area contributed by atoms with Gasteiger partial charge in [-0.05, 0) is 30.7 Å². The zero-order chi connectivity index (χ0) is 18.0. The molecule has 1 aliphatic rings. The first-order valence-electron chi connectivity index (χ1n) is 8.41. The van der Waals surface area contributed by atoms with Crippen LogP contribution in [0.25, 0.3) is 0 Å². The van der Waals surface area contributed by atoms with E-state index < -0.39 is 28.9 Å². The lowest BCUT2D eigenvalue weighted by molar-refractivity contribution is -0.167. The maximum Gasteiger partial charge on any atom is 0.410 e. The van der Waals surface area contributed by atoms with Gasteiger partial charge in [0.05, 0.1) is 5.41 Å². The molecule has 1 N–H and O–H groups in total. The van der Waals surface area contributed by atoms with Gasteiger partial charge in [-0.15, -0.1) is 0 Å². The number of carbonyl (C=O) groups is 2. The summed E-state index contributed by atoms with van der Waals surface area (Å²) in [6.45, 7) is 8.32. The van der Waals surface area contributed by atoms with Crippen LogP contribution in [0.5, 0.6) is 0 Å². The number of benzene rings is 1. The average Bonchev–Trinajstić information content (AvgIpc) is 2.52. The van der Waals surface area contributed by atoms with Crippen molar-refractivity contribution in [3.05, 3.63) is 35.9 Å². The molecular formula is C19H27NO4. The molecule has 0 spiro atoms. The summed E-state index contributed by atoms with van der Waals surface area (Å²) in [5, 5.41) is 9.92. The number of nitrogens with zero attached hydrogens (tertiary/aromatic N) is 1. The Bertz CT molecular complexity index is 593. The van der Waals surface area contributed by atoms with Gasteiger partial charge in [-0.1, -0.05) is 51.1 Å². The number of hydrogen-bond donors (Lipinski definition) is 1. The van der Waals surface area contributed by atoms with Crippen LogP contribution in [-0.2, 0) is 16.1 Å². The number of aliphatic carboxylic acids is 1. The fourth-order valence-electron chi connectivity index (χ4n) is 3.86. The Morgan fingerprint density at radius 1 is 1.29 bits per heavy atom. The normalized spacial score (nSPS) is 24.5. The molecule has 2 rings (SSSR count). The van der Waals surface area contributed by atoms with E-state index in [0.717, 1.165) is 5.56 Å². The summed E-state index contributed by atoms with van der Waals surface area (Å²) in [5.74, 6) is -0.844. The number of carbonyl (C=O) groups excluding carboxylic acids is 1. The molecule has 1 aromatic rings. The second kappa shape index (κ2) is 6.83. The highest BCUT2D eigenvalue weighted by molar-refractivity contribution is 5.79. The number of carboxylic acids is 1. The Morgan fingerprint density at radius 3 is 2.46 bits per heavy atom. The highest BCUT2D eigenvalue weighted by atomic mass is 16.6. The second-order valence-corrected chi connectivity index (χ2v) is 7.54. The largest absolute Gasteiger partial charge is 0.481 e. The molecule has 1 aromatic carbocycles. The first-order chi connectivity index (χ1) is 11.2. The lowest BCUT2D eigenvalue weighted by Crippen LogP contribution is -2.61. The van der Waals surface area contributed by atoms with E-state index in [1.807, 2.05) is 58.0 Å². The Morgan fingerprint density at radius 2 is 1.92 bits per heavy atom. The van der Waals surface area contributed by atoms with Gasteiger partial charge in [0.2, 0.25) is 0 Å². The topological polar surface area (TPSA) is 66.8 Å². The van der Waals surface area contributed by atoms with Gasteiger partial charge in [0.25, 0.3) is 0 Å². The molecule has 0 bridgehead atoms. The molecule has 5 heteroatoms. The van der Waals surface area contributed by atoms with Crippen molar-refractivity contribution < 1.29 is 19.4 Å². The smallest absolute Gasteiger partial charge is 0.410 e. The third kappa shape index (κ3) is 3.25. The highest BCUT2D eigenvalue weighted by Crippen LogP contribution is 2.49. The minimum atomic E-state index is -0.975. The quantitative estimate of drug-likeness (QED) is 0.910. The number of piperidine rings is 1. The number of hydrogen-bond acceptors (Lipinski definition) is 3. The molecule has 1 saturated heterocycles. The van der Waals surface area contributed by atoms with Gasteiger partial charge in [0, 0.05) is 12.6 Å². The van der Waals surface area contributed by atoms with Gasteiger partial charge in [-0.3, -0.25) is 4.79 Å². The highest BCUT2D eigenvalue weighted by Gasteiger charge is 2.56. The molecule has 1 aliphatic heterocycles. The van der Waals surface area contributed by atoms with Crippen LogP contribution in [0.3, 0.4) is 0 Å². The SMILES string of the molecule is C[C@@H]1N(C(=O)OCc2ccccc2)CCC[C@@]1(C(=O)O)C(C)(C)C. The predicted octanol–water partition coefficient (Wildman–Crippen LogP) is 3.92. The standard InChI is InChI=1S/C19H27NO4/c1-14-19(16(21)22,18(2,3)4)11-8-12-20(14)17(23)24-13-15-9-6-5-7-10-15/h5-7,9-10,14H,8,11-13H2,1-4H3,(H,21,22)/t14-,19+/m0/s1. The van der Waals surface area contributed by atoms with Gasteiger partial charge in [0.15, 0.2) is 0 Å². The van der Waals surface area contributed by atoms with E-state index in [-0.39, 0.29) is 6.61 Å². The Balaban J connectivity index is 2.15. The van der Waals surface area contributed by atoms with Crippen LogP contribution in [0.4, 0.5) is 4.79 Å². The van der Waals surface area contributed by atoms with Gasteiger partial charge >= 0.3 is 12.1 Å². The maximum absolute atomic E-state index is 12.5.